The van der Waals surface area contributed by atoms with Crippen LogP contribution in [0.15, 0.2) is 24.5 Å². The minimum Gasteiger partial charge on any atom is -0.268 e. The molecule has 0 saturated carbocycles. The number of anilines is 1. The van der Waals surface area contributed by atoms with Gasteiger partial charge < -0.3 is 0 Å². The van der Waals surface area contributed by atoms with Crippen LogP contribution in [0.4, 0.5) is 14.5 Å². The van der Waals surface area contributed by atoms with Gasteiger partial charge in [-0.1, -0.05) is 11.6 Å². The maximum atomic E-state index is 14.2. The number of aromatic nitrogens is 3. The summed E-state index contributed by atoms with van der Waals surface area (Å²) in [6.07, 6.45) is 2.48. The van der Waals surface area contributed by atoms with Crippen molar-refractivity contribution in [3.63, 3.8) is 0 Å². The third-order valence-electron chi connectivity index (χ3n) is 3.57. The van der Waals surface area contributed by atoms with Gasteiger partial charge in [-0.25, -0.2) is 18.7 Å². The molecule has 4 rings (SSSR count). The van der Waals surface area contributed by atoms with E-state index in [-0.39, 0.29) is 11.1 Å². The molecule has 0 radical (unpaired) electrons. The largest absolute Gasteiger partial charge is 0.268 e. The third-order valence-corrected chi connectivity index (χ3v) is 3.87. The lowest BCUT2D eigenvalue weighted by Gasteiger charge is -2.16. The summed E-state index contributed by atoms with van der Waals surface area (Å²) in [7, 11) is 0. The third kappa shape index (κ3) is 1.72. The van der Waals surface area contributed by atoms with Gasteiger partial charge in [0.25, 0.3) is 11.8 Å². The Bertz CT molecular complexity index is 1020. The summed E-state index contributed by atoms with van der Waals surface area (Å²) >= 11 is 5.63. The fourth-order valence-electron chi connectivity index (χ4n) is 2.54. The van der Waals surface area contributed by atoms with Crippen molar-refractivity contribution in [3.8, 4) is 0 Å². The zero-order chi connectivity index (χ0) is 16.3. The standard InChI is InChI=1S/C14H5ClF2N4O2/c15-7-1-2-8(16)11(10(7)17)21-13(22)6-3-18-12-5(4-19-20-12)9(6)14(21)23/h1-4H,(H,18,19,20). The molecule has 0 atom stereocenters. The zero-order valence-electron chi connectivity index (χ0n) is 11.1. The van der Waals surface area contributed by atoms with Gasteiger partial charge in [0.05, 0.1) is 27.7 Å². The number of fused-ring (bicyclic) bond motifs is 3. The molecule has 0 aliphatic carbocycles. The Balaban J connectivity index is 1.99. The average molecular weight is 335 g/mol. The van der Waals surface area contributed by atoms with Crippen molar-refractivity contribution in [2.24, 2.45) is 0 Å². The SMILES string of the molecule is O=C1c2cnc3[nH]ncc3c2C(=O)N1c1c(F)ccc(Cl)c1F. The van der Waals surface area contributed by atoms with Crippen molar-refractivity contribution in [3.05, 3.63) is 52.3 Å². The van der Waals surface area contributed by atoms with Crippen molar-refractivity contribution >= 4 is 40.1 Å². The number of nitrogens with zero attached hydrogens (tertiary/aromatic N) is 3. The van der Waals surface area contributed by atoms with Crippen LogP contribution in [0, 0.1) is 11.6 Å². The van der Waals surface area contributed by atoms with Crippen molar-refractivity contribution < 1.29 is 18.4 Å². The predicted molar refractivity (Wildman–Crippen MR) is 76.4 cm³/mol. The molecule has 1 aliphatic heterocycles. The first kappa shape index (κ1) is 13.8. The average Bonchev–Trinajstić information content (AvgIpc) is 3.09. The highest BCUT2D eigenvalue weighted by molar-refractivity contribution is 6.38. The number of hydrogen-bond acceptors (Lipinski definition) is 4. The van der Waals surface area contributed by atoms with E-state index < -0.39 is 34.2 Å². The van der Waals surface area contributed by atoms with E-state index in [1.165, 1.54) is 6.20 Å². The first-order chi connectivity index (χ1) is 11.0. The number of hydrogen-bond donors (Lipinski definition) is 1. The summed E-state index contributed by atoms with van der Waals surface area (Å²) in [6, 6.07) is 1.89. The van der Waals surface area contributed by atoms with Crippen molar-refractivity contribution in [1.29, 1.82) is 0 Å². The second-order valence-electron chi connectivity index (χ2n) is 4.82. The van der Waals surface area contributed by atoms with Crippen LogP contribution in [-0.4, -0.2) is 27.0 Å². The van der Waals surface area contributed by atoms with Crippen LogP contribution in [-0.2, 0) is 0 Å². The molecule has 0 bridgehead atoms. The fraction of sp³-hybridized carbons (Fsp3) is 0. The van der Waals surface area contributed by atoms with Crippen molar-refractivity contribution in [2.45, 2.75) is 0 Å². The molecule has 1 N–H and O–H groups in total. The molecule has 23 heavy (non-hydrogen) atoms. The maximum absolute atomic E-state index is 14.2. The predicted octanol–water partition coefficient (Wildman–Crippen LogP) is 2.69. The summed E-state index contributed by atoms with van der Waals surface area (Å²) in [5, 5.41) is 6.20. The Morgan fingerprint density at radius 2 is 1.91 bits per heavy atom. The van der Waals surface area contributed by atoms with E-state index in [1.807, 2.05) is 0 Å². The molecule has 2 amide bonds. The van der Waals surface area contributed by atoms with Crippen LogP contribution in [0.5, 0.6) is 0 Å². The lowest BCUT2D eigenvalue weighted by atomic mass is 10.1. The van der Waals surface area contributed by atoms with Gasteiger partial charge in [-0.05, 0) is 12.1 Å². The Hall–Kier alpha value is -2.87. The summed E-state index contributed by atoms with van der Waals surface area (Å²) in [4.78, 5) is 29.4. The minimum absolute atomic E-state index is 0.00692. The normalized spacial score (nSPS) is 14.0. The van der Waals surface area contributed by atoms with Gasteiger partial charge in [0.2, 0.25) is 0 Å². The number of halogens is 3. The second-order valence-corrected chi connectivity index (χ2v) is 5.22. The molecule has 0 saturated heterocycles. The van der Waals surface area contributed by atoms with Crippen LogP contribution in [0.3, 0.4) is 0 Å². The van der Waals surface area contributed by atoms with E-state index in [0.29, 0.717) is 15.9 Å². The minimum atomic E-state index is -1.18. The number of nitrogens with one attached hydrogen (secondary N) is 1. The molecular weight excluding hydrogens is 330 g/mol. The molecule has 0 spiro atoms. The summed E-state index contributed by atoms with van der Waals surface area (Å²) in [6.45, 7) is 0. The molecule has 1 aliphatic rings. The van der Waals surface area contributed by atoms with E-state index in [9.17, 15) is 18.4 Å². The van der Waals surface area contributed by atoms with Gasteiger partial charge in [-0.3, -0.25) is 14.7 Å². The summed E-state index contributed by atoms with van der Waals surface area (Å²) in [5.41, 5.74) is -0.575. The lowest BCUT2D eigenvalue weighted by Crippen LogP contribution is -2.31. The van der Waals surface area contributed by atoms with Crippen LogP contribution in [0.1, 0.15) is 20.7 Å². The number of benzene rings is 1. The Morgan fingerprint density at radius 1 is 1.13 bits per heavy atom. The van der Waals surface area contributed by atoms with Crippen LogP contribution >= 0.6 is 11.6 Å². The van der Waals surface area contributed by atoms with Crippen molar-refractivity contribution in [1.82, 2.24) is 15.2 Å². The number of amides is 2. The number of aromatic amines is 1. The molecule has 1 aromatic carbocycles. The number of rotatable bonds is 1. The van der Waals surface area contributed by atoms with E-state index in [0.717, 1.165) is 18.3 Å². The topological polar surface area (TPSA) is 79.0 Å². The van der Waals surface area contributed by atoms with Gasteiger partial charge in [0, 0.05) is 6.20 Å². The summed E-state index contributed by atoms with van der Waals surface area (Å²) in [5.74, 6) is -3.99. The van der Waals surface area contributed by atoms with Gasteiger partial charge in [-0.15, -0.1) is 0 Å². The quantitative estimate of drug-likeness (QED) is 0.548. The van der Waals surface area contributed by atoms with E-state index in [2.05, 4.69) is 15.2 Å². The lowest BCUT2D eigenvalue weighted by molar-refractivity contribution is 0.0924. The van der Waals surface area contributed by atoms with E-state index in [4.69, 9.17) is 11.6 Å². The molecule has 0 fully saturated rings. The van der Waals surface area contributed by atoms with E-state index in [1.54, 1.807) is 0 Å². The molecule has 0 unspecified atom stereocenters. The molecule has 3 heterocycles. The number of pyridine rings is 1. The molecule has 2 aromatic heterocycles. The Kier molecular flexibility index (Phi) is 2.73. The van der Waals surface area contributed by atoms with Crippen molar-refractivity contribution in [2.75, 3.05) is 4.90 Å². The highest BCUT2D eigenvalue weighted by Gasteiger charge is 2.41. The molecule has 3 aromatic rings. The van der Waals surface area contributed by atoms with Gasteiger partial charge in [0.1, 0.15) is 5.69 Å². The van der Waals surface area contributed by atoms with Crippen LogP contribution < -0.4 is 4.90 Å². The monoisotopic (exact) mass is 334 g/mol. The van der Waals surface area contributed by atoms with Gasteiger partial charge in [-0.2, -0.15) is 5.10 Å². The highest BCUT2D eigenvalue weighted by Crippen LogP contribution is 2.36. The summed E-state index contributed by atoms with van der Waals surface area (Å²) < 4.78 is 28.2. The molecule has 114 valence electrons. The van der Waals surface area contributed by atoms with Crippen LogP contribution in [0.2, 0.25) is 5.02 Å². The first-order valence-corrected chi connectivity index (χ1v) is 6.73. The number of carbonyl (C=O) groups excluding carboxylic acids is 2. The first-order valence-electron chi connectivity index (χ1n) is 6.35. The smallest absolute Gasteiger partial charge is 0.267 e. The number of H-pyrrole nitrogens is 1. The second kappa shape index (κ2) is 4.56. The van der Waals surface area contributed by atoms with E-state index >= 15 is 0 Å². The van der Waals surface area contributed by atoms with Gasteiger partial charge >= 0.3 is 0 Å². The fourth-order valence-corrected chi connectivity index (χ4v) is 2.69. The number of imide groups is 1. The van der Waals surface area contributed by atoms with Gasteiger partial charge in [0.15, 0.2) is 17.3 Å². The molecular formula is C14H5ClF2N4O2. The maximum Gasteiger partial charge on any atom is 0.267 e. The zero-order valence-corrected chi connectivity index (χ0v) is 11.9. The Morgan fingerprint density at radius 3 is 2.70 bits per heavy atom. The van der Waals surface area contributed by atoms with Crippen LogP contribution in [0.25, 0.3) is 11.0 Å². The Labute approximate surface area is 131 Å². The molecule has 9 heteroatoms. The number of carbonyl (C=O) groups is 2. The highest BCUT2D eigenvalue weighted by atomic mass is 35.5. The molecule has 6 nitrogen and oxygen atoms in total.